The minimum atomic E-state index is -0.901. The van der Waals surface area contributed by atoms with Crippen LogP contribution in [0.4, 0.5) is 0 Å². The Morgan fingerprint density at radius 2 is 2.16 bits per heavy atom. The Bertz CT molecular complexity index is 436. The average molecular weight is 264 g/mol. The van der Waals surface area contributed by atoms with Crippen LogP contribution in [0.2, 0.25) is 0 Å². The lowest BCUT2D eigenvalue weighted by Gasteiger charge is -2.17. The van der Waals surface area contributed by atoms with Crippen LogP contribution in [0, 0.1) is 0 Å². The van der Waals surface area contributed by atoms with Gasteiger partial charge in [-0.05, 0) is 30.5 Å². The molecule has 0 saturated carbocycles. The van der Waals surface area contributed by atoms with Crippen molar-refractivity contribution in [3.63, 3.8) is 0 Å². The number of fused-ring (bicyclic) bond motifs is 1. The van der Waals surface area contributed by atoms with Crippen molar-refractivity contribution in [3.05, 3.63) is 35.4 Å². The Balaban J connectivity index is 1.96. The second kappa shape index (κ2) is 6.65. The summed E-state index contributed by atoms with van der Waals surface area (Å²) in [5.41, 5.74) is 2.47. The number of carbonyl (C=O) groups is 1. The Hall–Kier alpha value is -1.43. The smallest absolute Gasteiger partial charge is 0.237 e. The zero-order valence-corrected chi connectivity index (χ0v) is 10.8. The standard InChI is InChI=1S/C14H20N2O3/c17-9-12(18)8-16-14(19)13-7-11-4-2-1-3-10(11)5-6-15-13/h1-4,12-13,15,17-18H,5-9H2,(H,16,19). The molecule has 19 heavy (non-hydrogen) atoms. The van der Waals surface area contributed by atoms with E-state index in [1.165, 1.54) is 11.1 Å². The van der Waals surface area contributed by atoms with E-state index in [-0.39, 0.29) is 25.1 Å². The molecule has 104 valence electrons. The molecule has 0 fully saturated rings. The van der Waals surface area contributed by atoms with Crippen LogP contribution in [0.15, 0.2) is 24.3 Å². The van der Waals surface area contributed by atoms with Crippen LogP contribution in [0.25, 0.3) is 0 Å². The first kappa shape index (κ1) is 14.0. The van der Waals surface area contributed by atoms with Gasteiger partial charge in [-0.2, -0.15) is 0 Å². The van der Waals surface area contributed by atoms with Gasteiger partial charge < -0.3 is 20.8 Å². The van der Waals surface area contributed by atoms with E-state index < -0.39 is 6.10 Å². The molecule has 0 radical (unpaired) electrons. The van der Waals surface area contributed by atoms with Crippen LogP contribution in [-0.2, 0) is 17.6 Å². The first-order valence-electron chi connectivity index (χ1n) is 6.57. The summed E-state index contributed by atoms with van der Waals surface area (Å²) in [7, 11) is 0. The lowest BCUT2D eigenvalue weighted by molar-refractivity contribution is -0.123. The third kappa shape index (κ3) is 3.76. The van der Waals surface area contributed by atoms with Gasteiger partial charge in [0.2, 0.25) is 5.91 Å². The van der Waals surface area contributed by atoms with Gasteiger partial charge >= 0.3 is 0 Å². The number of rotatable bonds is 4. The maximum Gasteiger partial charge on any atom is 0.237 e. The molecule has 1 aliphatic rings. The predicted molar refractivity (Wildman–Crippen MR) is 71.7 cm³/mol. The zero-order valence-electron chi connectivity index (χ0n) is 10.8. The van der Waals surface area contributed by atoms with Crippen LogP contribution in [-0.4, -0.2) is 48.0 Å². The minimum absolute atomic E-state index is 0.0785. The van der Waals surface area contributed by atoms with Gasteiger partial charge in [-0.3, -0.25) is 4.79 Å². The minimum Gasteiger partial charge on any atom is -0.394 e. The molecule has 4 N–H and O–H groups in total. The number of amides is 1. The third-order valence-electron chi connectivity index (χ3n) is 3.37. The van der Waals surface area contributed by atoms with Gasteiger partial charge in [0.05, 0.1) is 18.8 Å². The topological polar surface area (TPSA) is 81.6 Å². The number of nitrogens with one attached hydrogen (secondary N) is 2. The fourth-order valence-corrected chi connectivity index (χ4v) is 2.27. The second-order valence-electron chi connectivity index (χ2n) is 4.81. The summed E-state index contributed by atoms with van der Waals surface area (Å²) in [6.07, 6.45) is 0.665. The Labute approximate surface area is 112 Å². The summed E-state index contributed by atoms with van der Waals surface area (Å²) in [6, 6.07) is 7.85. The quantitative estimate of drug-likeness (QED) is 0.575. The molecule has 0 saturated heterocycles. The Kier molecular flexibility index (Phi) is 4.90. The highest BCUT2D eigenvalue weighted by atomic mass is 16.3. The Morgan fingerprint density at radius 1 is 1.42 bits per heavy atom. The zero-order chi connectivity index (χ0) is 13.7. The van der Waals surface area contributed by atoms with E-state index in [2.05, 4.69) is 16.7 Å². The lowest BCUT2D eigenvalue weighted by atomic mass is 10.0. The first-order valence-corrected chi connectivity index (χ1v) is 6.57. The van der Waals surface area contributed by atoms with Crippen LogP contribution in [0.3, 0.4) is 0 Å². The number of benzene rings is 1. The molecule has 0 aromatic heterocycles. The summed E-state index contributed by atoms with van der Waals surface area (Å²) < 4.78 is 0. The average Bonchev–Trinajstić information content (AvgIpc) is 2.66. The molecule has 0 aliphatic carbocycles. The van der Waals surface area contributed by atoms with Crippen LogP contribution >= 0.6 is 0 Å². The molecular weight excluding hydrogens is 244 g/mol. The van der Waals surface area contributed by atoms with E-state index in [0.29, 0.717) is 6.42 Å². The van der Waals surface area contributed by atoms with Gasteiger partial charge in [0.25, 0.3) is 0 Å². The highest BCUT2D eigenvalue weighted by molar-refractivity contribution is 5.82. The van der Waals surface area contributed by atoms with Crippen LogP contribution in [0.1, 0.15) is 11.1 Å². The van der Waals surface area contributed by atoms with Crippen LogP contribution in [0.5, 0.6) is 0 Å². The molecule has 5 nitrogen and oxygen atoms in total. The fourth-order valence-electron chi connectivity index (χ4n) is 2.27. The highest BCUT2D eigenvalue weighted by Crippen LogP contribution is 2.14. The summed E-state index contributed by atoms with van der Waals surface area (Å²) in [5.74, 6) is -0.135. The number of hydrogen-bond donors (Lipinski definition) is 4. The van der Waals surface area contributed by atoms with E-state index in [0.717, 1.165) is 13.0 Å². The number of aliphatic hydroxyl groups is 2. The summed E-state index contributed by atoms with van der Waals surface area (Å²) in [4.78, 5) is 12.0. The molecule has 2 atom stereocenters. The van der Waals surface area contributed by atoms with Crippen molar-refractivity contribution in [1.82, 2.24) is 10.6 Å². The van der Waals surface area contributed by atoms with E-state index in [1.54, 1.807) is 0 Å². The van der Waals surface area contributed by atoms with E-state index in [4.69, 9.17) is 5.11 Å². The maximum atomic E-state index is 12.0. The molecule has 0 bridgehead atoms. The predicted octanol–water partition coefficient (Wildman–Crippen LogP) is -0.787. The van der Waals surface area contributed by atoms with E-state index in [9.17, 15) is 9.90 Å². The van der Waals surface area contributed by atoms with Crippen molar-refractivity contribution in [2.75, 3.05) is 19.7 Å². The molecule has 1 aromatic rings. The van der Waals surface area contributed by atoms with Crippen molar-refractivity contribution < 1.29 is 15.0 Å². The Morgan fingerprint density at radius 3 is 2.89 bits per heavy atom. The monoisotopic (exact) mass is 264 g/mol. The van der Waals surface area contributed by atoms with E-state index in [1.807, 2.05) is 18.2 Å². The van der Waals surface area contributed by atoms with Gasteiger partial charge in [-0.1, -0.05) is 24.3 Å². The normalized spacial score (nSPS) is 20.2. The maximum absolute atomic E-state index is 12.0. The molecule has 0 spiro atoms. The van der Waals surface area contributed by atoms with Gasteiger partial charge in [0.1, 0.15) is 0 Å². The van der Waals surface area contributed by atoms with Crippen molar-refractivity contribution in [2.24, 2.45) is 0 Å². The van der Waals surface area contributed by atoms with Crippen molar-refractivity contribution in [3.8, 4) is 0 Å². The molecule has 1 amide bonds. The van der Waals surface area contributed by atoms with E-state index >= 15 is 0 Å². The van der Waals surface area contributed by atoms with Gasteiger partial charge in [-0.25, -0.2) is 0 Å². The van der Waals surface area contributed by atoms with Gasteiger partial charge in [0.15, 0.2) is 0 Å². The van der Waals surface area contributed by atoms with Crippen molar-refractivity contribution in [2.45, 2.75) is 25.0 Å². The molecule has 2 rings (SSSR count). The summed E-state index contributed by atoms with van der Waals surface area (Å²) >= 11 is 0. The molecular formula is C14H20N2O3. The molecule has 1 aliphatic heterocycles. The third-order valence-corrected chi connectivity index (χ3v) is 3.37. The molecule has 1 heterocycles. The lowest BCUT2D eigenvalue weighted by Crippen LogP contribution is -2.47. The van der Waals surface area contributed by atoms with Gasteiger partial charge in [-0.15, -0.1) is 0 Å². The molecule has 1 aromatic carbocycles. The summed E-state index contributed by atoms with van der Waals surface area (Å²) in [6.45, 7) is 0.494. The van der Waals surface area contributed by atoms with Crippen molar-refractivity contribution in [1.29, 1.82) is 0 Å². The highest BCUT2D eigenvalue weighted by Gasteiger charge is 2.22. The molecule has 2 unspecified atom stereocenters. The van der Waals surface area contributed by atoms with Gasteiger partial charge in [0, 0.05) is 6.54 Å². The number of aliphatic hydroxyl groups excluding tert-OH is 2. The fraction of sp³-hybridized carbons (Fsp3) is 0.500. The number of carbonyl (C=O) groups excluding carboxylic acids is 1. The number of hydrogen-bond acceptors (Lipinski definition) is 4. The first-order chi connectivity index (χ1) is 9.20. The van der Waals surface area contributed by atoms with Crippen LogP contribution < -0.4 is 10.6 Å². The van der Waals surface area contributed by atoms with Crippen molar-refractivity contribution >= 4 is 5.91 Å². The molecule has 5 heteroatoms. The SMILES string of the molecule is O=C(NCC(O)CO)C1Cc2ccccc2CCN1. The largest absolute Gasteiger partial charge is 0.394 e. The summed E-state index contributed by atoms with van der Waals surface area (Å²) in [5, 5.41) is 23.8. The second-order valence-corrected chi connectivity index (χ2v) is 4.81.